The third-order valence-corrected chi connectivity index (χ3v) is 4.28. The van der Waals surface area contributed by atoms with E-state index < -0.39 is 0 Å². The summed E-state index contributed by atoms with van der Waals surface area (Å²) >= 11 is 3.58. The third kappa shape index (κ3) is 2.73. The highest BCUT2D eigenvalue weighted by molar-refractivity contribution is 9.09. The Kier molecular flexibility index (Phi) is 4.30. The zero-order chi connectivity index (χ0) is 9.80. The molecule has 0 amide bonds. The lowest BCUT2D eigenvalue weighted by atomic mass is 9.90. The van der Waals surface area contributed by atoms with Crippen LogP contribution >= 0.6 is 15.9 Å². The van der Waals surface area contributed by atoms with Crippen LogP contribution in [0.1, 0.15) is 44.9 Å². The molecule has 2 saturated carbocycles. The molecule has 2 fully saturated rings. The summed E-state index contributed by atoms with van der Waals surface area (Å²) in [5.74, 6) is 1.02. The fraction of sp³-hybridized carbons (Fsp3) is 1.00. The molecule has 0 N–H and O–H groups in total. The van der Waals surface area contributed by atoms with Gasteiger partial charge in [0, 0.05) is 24.5 Å². The van der Waals surface area contributed by atoms with E-state index in [1.165, 1.54) is 58.0 Å². The molecule has 0 bridgehead atoms. The number of halogens is 1. The van der Waals surface area contributed by atoms with Crippen LogP contribution < -0.4 is 0 Å². The predicted molar refractivity (Wildman–Crippen MR) is 65.0 cm³/mol. The van der Waals surface area contributed by atoms with Crippen LogP contribution in [-0.4, -0.2) is 29.4 Å². The van der Waals surface area contributed by atoms with Crippen molar-refractivity contribution in [3.63, 3.8) is 0 Å². The first-order valence-electron chi connectivity index (χ1n) is 6.20. The maximum atomic E-state index is 3.58. The van der Waals surface area contributed by atoms with Crippen molar-refractivity contribution < 1.29 is 0 Å². The van der Waals surface area contributed by atoms with Gasteiger partial charge in [-0.2, -0.15) is 0 Å². The number of alkyl halides is 1. The van der Waals surface area contributed by atoms with Gasteiger partial charge in [-0.15, -0.1) is 0 Å². The average molecular weight is 260 g/mol. The van der Waals surface area contributed by atoms with Gasteiger partial charge in [-0.1, -0.05) is 35.2 Å². The highest BCUT2D eigenvalue weighted by Gasteiger charge is 2.27. The van der Waals surface area contributed by atoms with Gasteiger partial charge in [-0.25, -0.2) is 0 Å². The second kappa shape index (κ2) is 5.50. The number of nitrogens with zero attached hydrogens (tertiary/aromatic N) is 1. The Morgan fingerprint density at radius 3 is 2.21 bits per heavy atom. The first kappa shape index (κ1) is 10.9. The summed E-state index contributed by atoms with van der Waals surface area (Å²) in [5.41, 5.74) is 0. The van der Waals surface area contributed by atoms with Crippen LogP contribution in [0.3, 0.4) is 0 Å². The highest BCUT2D eigenvalue weighted by atomic mass is 79.9. The normalized spacial score (nSPS) is 24.4. The van der Waals surface area contributed by atoms with Crippen LogP contribution in [0.25, 0.3) is 0 Å². The van der Waals surface area contributed by atoms with Crippen LogP contribution in [0, 0.1) is 5.92 Å². The van der Waals surface area contributed by atoms with Gasteiger partial charge in [0.1, 0.15) is 0 Å². The van der Waals surface area contributed by atoms with E-state index in [1.54, 1.807) is 0 Å². The van der Waals surface area contributed by atoms with Crippen molar-refractivity contribution in [1.82, 2.24) is 4.90 Å². The summed E-state index contributed by atoms with van der Waals surface area (Å²) in [6.07, 6.45) is 10.3. The molecule has 1 nitrogen and oxygen atoms in total. The average Bonchev–Trinajstić information content (AvgIpc) is 2.54. The van der Waals surface area contributed by atoms with E-state index in [4.69, 9.17) is 0 Å². The van der Waals surface area contributed by atoms with Crippen molar-refractivity contribution in [2.24, 2.45) is 5.92 Å². The largest absolute Gasteiger partial charge is 0.299 e. The molecule has 2 heteroatoms. The van der Waals surface area contributed by atoms with Gasteiger partial charge in [0.25, 0.3) is 0 Å². The number of hydrogen-bond acceptors (Lipinski definition) is 1. The van der Waals surface area contributed by atoms with E-state index in [2.05, 4.69) is 20.8 Å². The molecule has 2 rings (SSSR count). The number of rotatable bonds is 5. The molecular weight excluding hydrogens is 238 g/mol. The molecule has 2 aliphatic rings. The third-order valence-electron chi connectivity index (χ3n) is 3.93. The van der Waals surface area contributed by atoms with Crippen LogP contribution in [0.4, 0.5) is 0 Å². The van der Waals surface area contributed by atoms with E-state index in [9.17, 15) is 0 Å². The molecule has 0 aromatic heterocycles. The minimum atomic E-state index is 0.938. The molecule has 0 saturated heterocycles. The Hall–Kier alpha value is 0.440. The Morgan fingerprint density at radius 2 is 1.71 bits per heavy atom. The van der Waals surface area contributed by atoms with Gasteiger partial charge < -0.3 is 0 Å². The zero-order valence-electron chi connectivity index (χ0n) is 9.05. The van der Waals surface area contributed by atoms with Gasteiger partial charge in [-0.3, -0.25) is 4.90 Å². The first-order valence-corrected chi connectivity index (χ1v) is 7.32. The molecule has 0 aromatic carbocycles. The summed E-state index contributed by atoms with van der Waals surface area (Å²) in [6, 6.07) is 0.938. The fourth-order valence-corrected chi connectivity index (χ4v) is 3.26. The minimum Gasteiger partial charge on any atom is -0.299 e. The van der Waals surface area contributed by atoms with Crippen molar-refractivity contribution in [1.29, 1.82) is 0 Å². The van der Waals surface area contributed by atoms with E-state index in [1.807, 2.05) is 0 Å². The van der Waals surface area contributed by atoms with Crippen molar-refractivity contribution in [3.8, 4) is 0 Å². The highest BCUT2D eigenvalue weighted by Crippen LogP contribution is 2.30. The van der Waals surface area contributed by atoms with Crippen LogP contribution in [0.15, 0.2) is 0 Å². The molecule has 2 aliphatic carbocycles. The summed E-state index contributed by atoms with van der Waals surface area (Å²) in [7, 11) is 0. The maximum absolute atomic E-state index is 3.58. The Morgan fingerprint density at radius 1 is 1.00 bits per heavy atom. The fourth-order valence-electron chi connectivity index (χ4n) is 2.81. The van der Waals surface area contributed by atoms with Crippen LogP contribution in [0.2, 0.25) is 0 Å². The minimum absolute atomic E-state index is 0.938. The van der Waals surface area contributed by atoms with Gasteiger partial charge in [0.2, 0.25) is 0 Å². The van der Waals surface area contributed by atoms with E-state index in [0.29, 0.717) is 0 Å². The molecule has 0 spiro atoms. The van der Waals surface area contributed by atoms with E-state index >= 15 is 0 Å². The Balaban J connectivity index is 1.76. The van der Waals surface area contributed by atoms with Gasteiger partial charge in [-0.05, 0) is 31.6 Å². The Bertz CT molecular complexity index is 162. The molecule has 0 atom stereocenters. The summed E-state index contributed by atoms with van der Waals surface area (Å²) < 4.78 is 0. The predicted octanol–water partition coefficient (Wildman–Crippen LogP) is 3.43. The summed E-state index contributed by atoms with van der Waals surface area (Å²) in [5, 5.41) is 1.15. The zero-order valence-corrected chi connectivity index (χ0v) is 10.6. The standard InChI is InChI=1S/C12H22BrN/c13-8-9-14(12-6-3-7-12)10-11-4-1-2-5-11/h11-12H,1-10H2. The van der Waals surface area contributed by atoms with Gasteiger partial charge >= 0.3 is 0 Å². The summed E-state index contributed by atoms with van der Waals surface area (Å²) in [6.45, 7) is 2.65. The molecule has 0 aromatic rings. The van der Waals surface area contributed by atoms with Gasteiger partial charge in [0.05, 0.1) is 0 Å². The van der Waals surface area contributed by atoms with Crippen LogP contribution in [-0.2, 0) is 0 Å². The molecular formula is C12H22BrN. The second-order valence-electron chi connectivity index (χ2n) is 4.92. The quantitative estimate of drug-likeness (QED) is 0.684. The van der Waals surface area contributed by atoms with E-state index in [-0.39, 0.29) is 0 Å². The molecule has 0 aliphatic heterocycles. The van der Waals surface area contributed by atoms with Crippen molar-refractivity contribution in [3.05, 3.63) is 0 Å². The lowest BCUT2D eigenvalue weighted by Crippen LogP contribution is -2.43. The first-order chi connectivity index (χ1) is 6.90. The Labute approximate surface area is 96.4 Å². The monoisotopic (exact) mass is 259 g/mol. The lowest BCUT2D eigenvalue weighted by molar-refractivity contribution is 0.116. The molecule has 0 unspecified atom stereocenters. The second-order valence-corrected chi connectivity index (χ2v) is 5.71. The van der Waals surface area contributed by atoms with Crippen molar-refractivity contribution in [2.45, 2.75) is 51.0 Å². The maximum Gasteiger partial charge on any atom is 0.0159 e. The van der Waals surface area contributed by atoms with Crippen molar-refractivity contribution >= 4 is 15.9 Å². The number of hydrogen-bond donors (Lipinski definition) is 0. The van der Waals surface area contributed by atoms with Crippen molar-refractivity contribution in [2.75, 3.05) is 18.4 Å². The van der Waals surface area contributed by atoms with Gasteiger partial charge in [0.15, 0.2) is 0 Å². The molecule has 0 radical (unpaired) electrons. The van der Waals surface area contributed by atoms with E-state index in [0.717, 1.165) is 17.3 Å². The smallest absolute Gasteiger partial charge is 0.0159 e. The molecule has 82 valence electrons. The van der Waals surface area contributed by atoms with Crippen LogP contribution in [0.5, 0.6) is 0 Å². The lowest BCUT2D eigenvalue weighted by Gasteiger charge is -2.38. The summed E-state index contributed by atoms with van der Waals surface area (Å²) in [4.78, 5) is 2.74. The SMILES string of the molecule is BrCCN(CC1CCCC1)C1CCC1. The topological polar surface area (TPSA) is 3.24 Å². The molecule has 0 heterocycles. The molecule has 14 heavy (non-hydrogen) atoms.